The first-order valence-corrected chi connectivity index (χ1v) is 8.47. The second-order valence-electron chi connectivity index (χ2n) is 6.59. The molecule has 3 heterocycles. The molecule has 0 radical (unpaired) electrons. The minimum Gasteiger partial charge on any atom is -0.305 e. The lowest BCUT2D eigenvalue weighted by Gasteiger charge is -2.29. The Morgan fingerprint density at radius 1 is 1.15 bits per heavy atom. The molecule has 1 aromatic carbocycles. The number of nitrogens with zero attached hydrogens (tertiary/aromatic N) is 5. The van der Waals surface area contributed by atoms with Crippen LogP contribution >= 0.6 is 0 Å². The Hall–Kier alpha value is -2.97. The zero-order chi connectivity index (χ0) is 19.3. The van der Waals surface area contributed by atoms with Crippen molar-refractivity contribution in [2.75, 3.05) is 11.4 Å². The fourth-order valence-electron chi connectivity index (χ4n) is 3.36. The fourth-order valence-corrected chi connectivity index (χ4v) is 3.36. The van der Waals surface area contributed by atoms with Gasteiger partial charge < -0.3 is 4.90 Å². The Kier molecular flexibility index (Phi) is 3.90. The summed E-state index contributed by atoms with van der Waals surface area (Å²) < 4.78 is 40.4. The topological polar surface area (TPSA) is 63.4 Å². The number of rotatable bonds is 1. The predicted molar refractivity (Wildman–Crippen MR) is 91.7 cm³/mol. The van der Waals surface area contributed by atoms with Gasteiger partial charge in [-0.25, -0.2) is 9.50 Å². The highest BCUT2D eigenvalue weighted by molar-refractivity contribution is 6.04. The van der Waals surface area contributed by atoms with Gasteiger partial charge in [-0.1, -0.05) is 0 Å². The molecule has 27 heavy (non-hydrogen) atoms. The van der Waals surface area contributed by atoms with E-state index in [0.717, 1.165) is 23.5 Å². The van der Waals surface area contributed by atoms with Gasteiger partial charge in [0.15, 0.2) is 0 Å². The van der Waals surface area contributed by atoms with Crippen LogP contribution in [0, 0.1) is 13.8 Å². The highest BCUT2D eigenvalue weighted by Gasteiger charge is 2.33. The number of fused-ring (bicyclic) bond motifs is 2. The summed E-state index contributed by atoms with van der Waals surface area (Å²) in [7, 11) is 0. The molecule has 0 N–H and O–H groups in total. The van der Waals surface area contributed by atoms with Gasteiger partial charge in [-0.2, -0.15) is 18.2 Å². The SMILES string of the molecule is Cc1cc(C)n2nc(C(=O)N3CCCc4cc(C(F)(F)F)ccc43)nc2n1. The number of alkyl halides is 3. The smallest absolute Gasteiger partial charge is 0.305 e. The number of halogens is 3. The average Bonchev–Trinajstić information content (AvgIpc) is 3.03. The molecule has 0 atom stereocenters. The molecular weight excluding hydrogens is 359 g/mol. The van der Waals surface area contributed by atoms with Crippen LogP contribution in [0.3, 0.4) is 0 Å². The first-order chi connectivity index (χ1) is 12.7. The van der Waals surface area contributed by atoms with Crippen LogP contribution in [0.4, 0.5) is 18.9 Å². The molecule has 0 bridgehead atoms. The maximum atomic E-state index is 13.0. The molecule has 0 saturated heterocycles. The second-order valence-corrected chi connectivity index (χ2v) is 6.59. The lowest BCUT2D eigenvalue weighted by molar-refractivity contribution is -0.137. The summed E-state index contributed by atoms with van der Waals surface area (Å²) in [5.74, 6) is -0.150. The number of hydrogen-bond donors (Lipinski definition) is 0. The number of aryl methyl sites for hydroxylation is 3. The number of aromatic nitrogens is 4. The van der Waals surface area contributed by atoms with Crippen LogP contribution in [0.2, 0.25) is 0 Å². The van der Waals surface area contributed by atoms with E-state index < -0.39 is 17.6 Å². The molecule has 140 valence electrons. The molecule has 1 aliphatic heterocycles. The number of anilines is 1. The third kappa shape index (κ3) is 3.02. The Morgan fingerprint density at radius 3 is 2.67 bits per heavy atom. The molecule has 6 nitrogen and oxygen atoms in total. The van der Waals surface area contributed by atoms with Gasteiger partial charge in [-0.3, -0.25) is 4.79 Å². The number of benzene rings is 1. The summed E-state index contributed by atoms with van der Waals surface area (Å²) in [6.07, 6.45) is -3.35. The molecule has 0 aliphatic carbocycles. The molecule has 0 saturated carbocycles. The van der Waals surface area contributed by atoms with E-state index >= 15 is 0 Å². The summed E-state index contributed by atoms with van der Waals surface area (Å²) in [6, 6.07) is 5.28. The normalized spacial score (nSPS) is 14.5. The van der Waals surface area contributed by atoms with E-state index in [2.05, 4.69) is 15.1 Å². The monoisotopic (exact) mass is 375 g/mol. The number of amides is 1. The van der Waals surface area contributed by atoms with Gasteiger partial charge in [0.2, 0.25) is 5.82 Å². The number of carbonyl (C=O) groups is 1. The van der Waals surface area contributed by atoms with E-state index in [4.69, 9.17) is 0 Å². The van der Waals surface area contributed by atoms with E-state index in [1.165, 1.54) is 15.5 Å². The van der Waals surface area contributed by atoms with Crippen molar-refractivity contribution >= 4 is 17.4 Å². The van der Waals surface area contributed by atoms with Crippen molar-refractivity contribution in [2.45, 2.75) is 32.9 Å². The van der Waals surface area contributed by atoms with E-state index in [-0.39, 0.29) is 5.82 Å². The molecule has 0 fully saturated rings. The minimum absolute atomic E-state index is 0.0241. The summed E-state index contributed by atoms with van der Waals surface area (Å²) >= 11 is 0. The lowest BCUT2D eigenvalue weighted by atomic mass is 9.99. The van der Waals surface area contributed by atoms with Gasteiger partial charge in [-0.05, 0) is 56.5 Å². The first kappa shape index (κ1) is 17.4. The molecule has 4 rings (SSSR count). The second kappa shape index (κ2) is 6.04. The molecule has 2 aromatic heterocycles. The highest BCUT2D eigenvalue weighted by Crippen LogP contribution is 2.35. The van der Waals surface area contributed by atoms with Crippen molar-refractivity contribution in [3.8, 4) is 0 Å². The Balaban J connectivity index is 1.73. The molecule has 0 unspecified atom stereocenters. The third-order valence-electron chi connectivity index (χ3n) is 4.58. The molecule has 0 spiro atoms. The van der Waals surface area contributed by atoms with Crippen LogP contribution in [0.5, 0.6) is 0 Å². The summed E-state index contributed by atoms with van der Waals surface area (Å²) in [5.41, 5.74) is 1.81. The van der Waals surface area contributed by atoms with Gasteiger partial charge in [0.25, 0.3) is 11.7 Å². The van der Waals surface area contributed by atoms with Crippen LogP contribution < -0.4 is 4.90 Å². The van der Waals surface area contributed by atoms with E-state index in [1.807, 2.05) is 19.9 Å². The fraction of sp³-hybridized carbons (Fsp3) is 0.333. The maximum absolute atomic E-state index is 13.0. The van der Waals surface area contributed by atoms with E-state index in [0.29, 0.717) is 36.4 Å². The number of hydrogen-bond acceptors (Lipinski definition) is 4. The van der Waals surface area contributed by atoms with E-state index in [1.54, 1.807) is 0 Å². The summed E-state index contributed by atoms with van der Waals surface area (Å²) in [6.45, 7) is 4.06. The predicted octanol–water partition coefficient (Wildman–Crippen LogP) is 3.35. The Morgan fingerprint density at radius 2 is 1.93 bits per heavy atom. The molecule has 1 amide bonds. The van der Waals surface area contributed by atoms with Gasteiger partial charge in [0, 0.05) is 23.6 Å². The van der Waals surface area contributed by atoms with Gasteiger partial charge in [0.1, 0.15) is 0 Å². The third-order valence-corrected chi connectivity index (χ3v) is 4.58. The highest BCUT2D eigenvalue weighted by atomic mass is 19.4. The van der Waals surface area contributed by atoms with Gasteiger partial charge in [-0.15, -0.1) is 5.10 Å². The zero-order valence-electron chi connectivity index (χ0n) is 14.7. The summed E-state index contributed by atoms with van der Waals surface area (Å²) in [4.78, 5) is 22.9. The molecular formula is C18H16F3N5O. The molecule has 3 aromatic rings. The zero-order valence-corrected chi connectivity index (χ0v) is 14.7. The van der Waals surface area contributed by atoms with Crippen molar-refractivity contribution in [2.24, 2.45) is 0 Å². The standard InChI is InChI=1S/C18H16F3N5O/c1-10-8-11(2)26-17(22-10)23-15(24-26)16(27)25-7-3-4-12-9-13(18(19,20)21)5-6-14(12)25/h5-6,8-9H,3-4,7H2,1-2H3. The van der Waals surface area contributed by atoms with Gasteiger partial charge >= 0.3 is 6.18 Å². The Bertz CT molecular complexity index is 1060. The van der Waals surface area contributed by atoms with E-state index in [9.17, 15) is 18.0 Å². The molecule has 9 heteroatoms. The average molecular weight is 375 g/mol. The largest absolute Gasteiger partial charge is 0.416 e. The van der Waals surface area contributed by atoms with Crippen LogP contribution in [0.1, 0.15) is 39.6 Å². The minimum atomic E-state index is -4.41. The van der Waals surface area contributed by atoms with Crippen LogP contribution in [-0.2, 0) is 12.6 Å². The van der Waals surface area contributed by atoms with Crippen LogP contribution in [0.15, 0.2) is 24.3 Å². The van der Waals surface area contributed by atoms with Crippen molar-refractivity contribution in [1.29, 1.82) is 0 Å². The van der Waals surface area contributed by atoms with Crippen LogP contribution in [0.25, 0.3) is 5.78 Å². The summed E-state index contributed by atoms with van der Waals surface area (Å²) in [5, 5.41) is 4.23. The Labute approximate surface area is 152 Å². The van der Waals surface area contributed by atoms with Crippen molar-refractivity contribution in [1.82, 2.24) is 19.6 Å². The molecule has 1 aliphatic rings. The van der Waals surface area contributed by atoms with Crippen molar-refractivity contribution < 1.29 is 18.0 Å². The quantitative estimate of drug-likeness (QED) is 0.654. The van der Waals surface area contributed by atoms with Gasteiger partial charge in [0.05, 0.1) is 5.56 Å². The number of carbonyl (C=O) groups excluding carboxylic acids is 1. The van der Waals surface area contributed by atoms with Crippen molar-refractivity contribution in [3.05, 3.63) is 52.6 Å². The van der Waals surface area contributed by atoms with Crippen molar-refractivity contribution in [3.63, 3.8) is 0 Å². The van der Waals surface area contributed by atoms with Crippen LogP contribution in [-0.4, -0.2) is 32.0 Å². The first-order valence-electron chi connectivity index (χ1n) is 8.47. The lowest BCUT2D eigenvalue weighted by Crippen LogP contribution is -2.36. The maximum Gasteiger partial charge on any atom is 0.416 e.